The minimum atomic E-state index is 0.118. The summed E-state index contributed by atoms with van der Waals surface area (Å²) in [6.45, 7) is 4.84. The highest BCUT2D eigenvalue weighted by molar-refractivity contribution is 5.94. The van der Waals surface area contributed by atoms with Gasteiger partial charge in [-0.1, -0.05) is 57.6 Å². The molecule has 0 aliphatic heterocycles. The van der Waals surface area contributed by atoms with Gasteiger partial charge in [-0.3, -0.25) is 4.79 Å². The molecular formula is C22H35NO. The minimum absolute atomic E-state index is 0.118. The molecule has 0 radical (unpaired) electrons. The van der Waals surface area contributed by atoms with Crippen molar-refractivity contribution in [3.8, 4) is 0 Å². The molecule has 1 aromatic carbocycles. The fraction of sp³-hybridized carbons (Fsp3) is 0.591. The van der Waals surface area contributed by atoms with Crippen LogP contribution >= 0.6 is 0 Å². The largest absolute Gasteiger partial charge is 0.385 e. The average molecular weight is 330 g/mol. The zero-order valence-corrected chi connectivity index (χ0v) is 15.7. The highest BCUT2D eigenvalue weighted by Crippen LogP contribution is 2.11. The molecule has 0 unspecified atom stereocenters. The van der Waals surface area contributed by atoms with Crippen LogP contribution in [-0.2, 0) is 0 Å². The molecule has 0 aliphatic carbocycles. The van der Waals surface area contributed by atoms with Crippen LogP contribution in [0.15, 0.2) is 36.4 Å². The fourth-order valence-electron chi connectivity index (χ4n) is 2.73. The molecule has 0 spiro atoms. The molecule has 0 saturated carbocycles. The van der Waals surface area contributed by atoms with Gasteiger partial charge in [-0.15, -0.1) is 0 Å². The number of hydrogen-bond acceptors (Lipinski definition) is 2. The molecule has 0 saturated heterocycles. The maximum Gasteiger partial charge on any atom is 0.159 e. The topological polar surface area (TPSA) is 29.1 Å². The molecule has 0 fully saturated rings. The zero-order chi connectivity index (χ0) is 17.5. The Morgan fingerprint density at radius 3 is 2.08 bits per heavy atom. The quantitative estimate of drug-likeness (QED) is 0.231. The van der Waals surface area contributed by atoms with Gasteiger partial charge in [-0.25, -0.2) is 0 Å². The molecule has 2 heteroatoms. The third-order valence-electron chi connectivity index (χ3n) is 4.31. The van der Waals surface area contributed by atoms with Gasteiger partial charge in [-0.05, 0) is 56.9 Å². The Morgan fingerprint density at radius 1 is 0.875 bits per heavy atom. The lowest BCUT2D eigenvalue weighted by Gasteiger charge is -2.05. The summed E-state index contributed by atoms with van der Waals surface area (Å²) in [5.74, 6) is 0.118. The van der Waals surface area contributed by atoms with Crippen molar-refractivity contribution in [1.29, 1.82) is 0 Å². The Bertz CT molecular complexity index is 461. The summed E-state index contributed by atoms with van der Waals surface area (Å²) in [6, 6.07) is 7.72. The van der Waals surface area contributed by atoms with Crippen LogP contribution < -0.4 is 5.32 Å². The molecular weight excluding hydrogens is 294 g/mol. The number of allylic oxidation sites excluding steroid dienone is 2. The van der Waals surface area contributed by atoms with Crippen molar-refractivity contribution in [2.75, 3.05) is 11.9 Å². The zero-order valence-electron chi connectivity index (χ0n) is 15.7. The van der Waals surface area contributed by atoms with Crippen LogP contribution in [-0.4, -0.2) is 12.3 Å². The maximum atomic E-state index is 11.2. The van der Waals surface area contributed by atoms with Gasteiger partial charge in [0.15, 0.2) is 5.78 Å². The molecule has 0 aromatic heterocycles. The molecule has 0 bridgehead atoms. The van der Waals surface area contributed by atoms with Gasteiger partial charge in [0.05, 0.1) is 0 Å². The predicted molar refractivity (Wildman–Crippen MR) is 106 cm³/mol. The number of rotatable bonds is 14. The lowest BCUT2D eigenvalue weighted by atomic mass is 10.1. The summed E-state index contributed by atoms with van der Waals surface area (Å²) in [5.41, 5.74) is 1.86. The second kappa shape index (κ2) is 13.8. The van der Waals surface area contributed by atoms with E-state index in [2.05, 4.69) is 24.4 Å². The molecule has 0 aliphatic rings. The Labute approximate surface area is 148 Å². The number of benzene rings is 1. The molecule has 0 atom stereocenters. The number of unbranched alkanes of at least 4 members (excludes halogenated alkanes) is 8. The Balaban J connectivity index is 1.95. The minimum Gasteiger partial charge on any atom is -0.385 e. The van der Waals surface area contributed by atoms with Gasteiger partial charge in [0.2, 0.25) is 0 Å². The van der Waals surface area contributed by atoms with E-state index in [1.807, 2.05) is 24.3 Å². The van der Waals surface area contributed by atoms with E-state index in [9.17, 15) is 4.79 Å². The van der Waals surface area contributed by atoms with Crippen LogP contribution in [0.5, 0.6) is 0 Å². The summed E-state index contributed by atoms with van der Waals surface area (Å²) in [4.78, 5) is 11.2. The second-order valence-corrected chi connectivity index (χ2v) is 6.58. The van der Waals surface area contributed by atoms with E-state index in [1.165, 1.54) is 51.4 Å². The normalized spacial score (nSPS) is 11.1. The summed E-state index contributed by atoms with van der Waals surface area (Å²) in [6.07, 6.45) is 17.8. The highest BCUT2D eigenvalue weighted by Gasteiger charge is 1.98. The van der Waals surface area contributed by atoms with Gasteiger partial charge in [0, 0.05) is 17.8 Å². The van der Waals surface area contributed by atoms with Crippen molar-refractivity contribution in [3.05, 3.63) is 42.0 Å². The first-order valence-electron chi connectivity index (χ1n) is 9.74. The van der Waals surface area contributed by atoms with Crippen molar-refractivity contribution < 1.29 is 4.79 Å². The molecule has 2 nitrogen and oxygen atoms in total. The number of Topliss-reactive ketones (excluding diaryl/α,β-unsaturated/α-hetero) is 1. The molecule has 1 N–H and O–H groups in total. The van der Waals surface area contributed by atoms with E-state index in [4.69, 9.17) is 0 Å². The number of carbonyl (C=O) groups is 1. The van der Waals surface area contributed by atoms with Gasteiger partial charge in [-0.2, -0.15) is 0 Å². The first-order valence-corrected chi connectivity index (χ1v) is 9.74. The van der Waals surface area contributed by atoms with Crippen LogP contribution in [0, 0.1) is 0 Å². The van der Waals surface area contributed by atoms with Gasteiger partial charge in [0.25, 0.3) is 0 Å². The fourth-order valence-corrected chi connectivity index (χ4v) is 2.73. The number of nitrogens with one attached hydrogen (secondary N) is 1. The number of hydrogen-bond donors (Lipinski definition) is 1. The third kappa shape index (κ3) is 10.3. The van der Waals surface area contributed by atoms with Gasteiger partial charge >= 0.3 is 0 Å². The smallest absolute Gasteiger partial charge is 0.159 e. The first-order chi connectivity index (χ1) is 11.7. The second-order valence-electron chi connectivity index (χ2n) is 6.58. The van der Waals surface area contributed by atoms with Crippen LogP contribution in [0.2, 0.25) is 0 Å². The van der Waals surface area contributed by atoms with Crippen LogP contribution in [0.4, 0.5) is 5.69 Å². The van der Waals surface area contributed by atoms with Crippen LogP contribution in [0.1, 0.15) is 88.4 Å². The highest BCUT2D eigenvalue weighted by atomic mass is 16.1. The Morgan fingerprint density at radius 2 is 1.46 bits per heavy atom. The van der Waals surface area contributed by atoms with Crippen molar-refractivity contribution in [3.63, 3.8) is 0 Å². The van der Waals surface area contributed by atoms with Crippen molar-refractivity contribution in [2.24, 2.45) is 0 Å². The average Bonchev–Trinajstić information content (AvgIpc) is 2.59. The molecule has 24 heavy (non-hydrogen) atoms. The molecule has 0 amide bonds. The van der Waals surface area contributed by atoms with Crippen molar-refractivity contribution >= 4 is 11.5 Å². The molecule has 134 valence electrons. The number of ketones is 1. The predicted octanol–water partition coefficient (Wildman–Crippen LogP) is 6.78. The number of anilines is 1. The van der Waals surface area contributed by atoms with E-state index in [0.717, 1.165) is 30.6 Å². The monoisotopic (exact) mass is 329 g/mol. The number of carbonyl (C=O) groups excluding carboxylic acids is 1. The summed E-state index contributed by atoms with van der Waals surface area (Å²) in [5, 5.41) is 3.40. The molecule has 1 aromatic rings. The van der Waals surface area contributed by atoms with Gasteiger partial charge in [0.1, 0.15) is 0 Å². The summed E-state index contributed by atoms with van der Waals surface area (Å²) >= 11 is 0. The van der Waals surface area contributed by atoms with E-state index < -0.39 is 0 Å². The first kappa shape index (κ1) is 20.5. The molecule has 1 rings (SSSR count). The lowest BCUT2D eigenvalue weighted by Crippen LogP contribution is -2.01. The molecule has 0 heterocycles. The van der Waals surface area contributed by atoms with E-state index in [1.54, 1.807) is 6.92 Å². The van der Waals surface area contributed by atoms with Gasteiger partial charge < -0.3 is 5.32 Å². The van der Waals surface area contributed by atoms with Crippen molar-refractivity contribution in [1.82, 2.24) is 0 Å². The maximum absolute atomic E-state index is 11.2. The third-order valence-corrected chi connectivity index (χ3v) is 4.31. The summed E-state index contributed by atoms with van der Waals surface area (Å²) < 4.78 is 0. The SMILES string of the molecule is CCCCCCCCC/C=C/CCCNc1ccc(C(C)=O)cc1. The van der Waals surface area contributed by atoms with Crippen LogP contribution in [0.3, 0.4) is 0 Å². The van der Waals surface area contributed by atoms with Crippen LogP contribution in [0.25, 0.3) is 0 Å². The van der Waals surface area contributed by atoms with E-state index >= 15 is 0 Å². The van der Waals surface area contributed by atoms with E-state index in [0.29, 0.717) is 0 Å². The van der Waals surface area contributed by atoms with E-state index in [-0.39, 0.29) is 5.78 Å². The lowest BCUT2D eigenvalue weighted by molar-refractivity contribution is 0.101. The summed E-state index contributed by atoms with van der Waals surface area (Å²) in [7, 11) is 0. The van der Waals surface area contributed by atoms with Crippen molar-refractivity contribution in [2.45, 2.75) is 78.1 Å². The standard InChI is InChI=1S/C22H35NO/c1-3-4-5-6-7-8-9-10-11-12-13-14-19-23-22-17-15-21(16-18-22)20(2)24/h11-12,15-18,23H,3-10,13-14,19H2,1-2H3/b12-11+. The Hall–Kier alpha value is -1.57. The Kier molecular flexibility index (Phi) is 11.8.